The van der Waals surface area contributed by atoms with Crippen LogP contribution in [0.3, 0.4) is 0 Å². The highest BCUT2D eigenvalue weighted by Gasteiger charge is 2.30. The van der Waals surface area contributed by atoms with E-state index in [4.69, 9.17) is 10.8 Å². The molecule has 0 fully saturated rings. The molecule has 1 aromatic heterocycles. The second-order valence-electron chi connectivity index (χ2n) is 7.27. The second-order valence-corrected chi connectivity index (χ2v) is 7.27. The van der Waals surface area contributed by atoms with Crippen molar-refractivity contribution in [3.8, 4) is 0 Å². The van der Waals surface area contributed by atoms with Crippen LogP contribution in [0.4, 0.5) is 11.4 Å². The van der Waals surface area contributed by atoms with Gasteiger partial charge in [-0.1, -0.05) is 20.8 Å². The highest BCUT2D eigenvalue weighted by atomic mass is 16.4. The largest absolute Gasteiger partial charge is 0.478 e. The molecule has 0 saturated carbocycles. The first-order valence-electron chi connectivity index (χ1n) is 7.43. The van der Waals surface area contributed by atoms with E-state index >= 15 is 0 Å². The lowest BCUT2D eigenvalue weighted by atomic mass is 9.92. The van der Waals surface area contributed by atoms with Crippen LogP contribution in [-0.4, -0.2) is 33.4 Å². The first-order chi connectivity index (χ1) is 10.8. The lowest BCUT2D eigenvalue weighted by molar-refractivity contribution is -0.130. The number of anilines is 2. The Morgan fingerprint density at radius 3 is 2.25 bits per heavy atom. The molecule has 0 aliphatic carbocycles. The summed E-state index contributed by atoms with van der Waals surface area (Å²) in [4.78, 5) is 39.0. The SMILES string of the molecule is CC(C)(CC(=O)Nc1cncc(C(=O)O)c1N)NC(=O)C(C)(C)C. The molecule has 0 unspecified atom stereocenters. The lowest BCUT2D eigenvalue weighted by Gasteiger charge is -2.30. The summed E-state index contributed by atoms with van der Waals surface area (Å²) >= 11 is 0. The van der Waals surface area contributed by atoms with Gasteiger partial charge in [0.25, 0.3) is 0 Å². The standard InChI is InChI=1S/C16H24N4O4/c1-15(2,3)14(24)20-16(4,5)6-11(21)19-10-8-18-7-9(12(10)17)13(22)23/h7-8H,6H2,1-5H3,(H2,17,18)(H,19,21)(H,20,24)(H,22,23). The van der Waals surface area contributed by atoms with E-state index < -0.39 is 22.8 Å². The number of amides is 2. The molecule has 24 heavy (non-hydrogen) atoms. The van der Waals surface area contributed by atoms with Gasteiger partial charge in [-0.05, 0) is 13.8 Å². The van der Waals surface area contributed by atoms with Crippen molar-refractivity contribution < 1.29 is 19.5 Å². The van der Waals surface area contributed by atoms with Gasteiger partial charge in [0.2, 0.25) is 11.8 Å². The Kier molecular flexibility index (Phi) is 5.54. The Morgan fingerprint density at radius 2 is 1.75 bits per heavy atom. The van der Waals surface area contributed by atoms with Crippen molar-refractivity contribution in [1.29, 1.82) is 0 Å². The summed E-state index contributed by atoms with van der Waals surface area (Å²) in [5.41, 5.74) is 4.25. The zero-order chi connectivity index (χ0) is 18.7. The maximum absolute atomic E-state index is 12.2. The molecule has 0 saturated heterocycles. The Bertz CT molecular complexity index is 663. The number of carbonyl (C=O) groups excluding carboxylic acids is 2. The quantitative estimate of drug-likeness (QED) is 0.645. The van der Waals surface area contributed by atoms with Gasteiger partial charge in [0.15, 0.2) is 0 Å². The zero-order valence-corrected chi connectivity index (χ0v) is 14.6. The number of hydrogen-bond acceptors (Lipinski definition) is 5. The highest BCUT2D eigenvalue weighted by Crippen LogP contribution is 2.23. The van der Waals surface area contributed by atoms with Gasteiger partial charge in [0.1, 0.15) is 5.56 Å². The van der Waals surface area contributed by atoms with Crippen LogP contribution in [-0.2, 0) is 9.59 Å². The monoisotopic (exact) mass is 336 g/mol. The Balaban J connectivity index is 2.81. The number of aromatic nitrogens is 1. The average molecular weight is 336 g/mol. The fourth-order valence-corrected chi connectivity index (χ4v) is 1.88. The van der Waals surface area contributed by atoms with Gasteiger partial charge < -0.3 is 21.5 Å². The molecule has 1 rings (SSSR count). The zero-order valence-electron chi connectivity index (χ0n) is 14.6. The first-order valence-corrected chi connectivity index (χ1v) is 7.43. The van der Waals surface area contributed by atoms with Crippen LogP contribution in [0.15, 0.2) is 12.4 Å². The van der Waals surface area contributed by atoms with Crippen molar-refractivity contribution in [3.05, 3.63) is 18.0 Å². The summed E-state index contributed by atoms with van der Waals surface area (Å²) < 4.78 is 0. The third kappa shape index (κ3) is 5.22. The minimum atomic E-state index is -1.23. The summed E-state index contributed by atoms with van der Waals surface area (Å²) in [6.45, 7) is 8.80. The number of carboxylic acid groups (broad SMARTS) is 1. The number of nitrogens with two attached hydrogens (primary N) is 1. The van der Waals surface area contributed by atoms with Crippen molar-refractivity contribution in [2.75, 3.05) is 11.1 Å². The molecule has 8 heteroatoms. The maximum Gasteiger partial charge on any atom is 0.339 e. The number of carboxylic acids is 1. The molecule has 1 heterocycles. The van der Waals surface area contributed by atoms with Crippen LogP contribution in [0.5, 0.6) is 0 Å². The maximum atomic E-state index is 12.2. The van der Waals surface area contributed by atoms with Crippen molar-refractivity contribution in [1.82, 2.24) is 10.3 Å². The Morgan fingerprint density at radius 1 is 1.17 bits per heavy atom. The molecule has 0 bridgehead atoms. The summed E-state index contributed by atoms with van der Waals surface area (Å²) in [6.07, 6.45) is 2.38. The fraction of sp³-hybridized carbons (Fsp3) is 0.500. The normalized spacial score (nSPS) is 11.7. The molecule has 0 atom stereocenters. The number of carbonyl (C=O) groups is 3. The van der Waals surface area contributed by atoms with Gasteiger partial charge in [-0.3, -0.25) is 14.6 Å². The number of nitrogen functional groups attached to an aromatic ring is 1. The van der Waals surface area contributed by atoms with Gasteiger partial charge in [0, 0.05) is 23.6 Å². The van der Waals surface area contributed by atoms with Crippen LogP contribution in [0.1, 0.15) is 51.4 Å². The van der Waals surface area contributed by atoms with E-state index in [9.17, 15) is 14.4 Å². The van der Waals surface area contributed by atoms with Gasteiger partial charge in [-0.2, -0.15) is 0 Å². The highest BCUT2D eigenvalue weighted by molar-refractivity contribution is 6.01. The summed E-state index contributed by atoms with van der Waals surface area (Å²) in [5, 5.41) is 14.4. The smallest absolute Gasteiger partial charge is 0.339 e. The molecule has 2 amide bonds. The Hall–Kier alpha value is -2.64. The van der Waals surface area contributed by atoms with Gasteiger partial charge >= 0.3 is 5.97 Å². The molecule has 8 nitrogen and oxygen atoms in total. The van der Waals surface area contributed by atoms with E-state index in [0.717, 1.165) is 6.20 Å². The van der Waals surface area contributed by atoms with Crippen molar-refractivity contribution in [3.63, 3.8) is 0 Å². The van der Waals surface area contributed by atoms with Crippen molar-refractivity contribution in [2.45, 2.75) is 46.6 Å². The minimum Gasteiger partial charge on any atom is -0.478 e. The molecule has 132 valence electrons. The molecule has 5 N–H and O–H groups in total. The number of nitrogens with one attached hydrogen (secondary N) is 2. The van der Waals surface area contributed by atoms with E-state index in [1.54, 1.807) is 34.6 Å². The molecule has 0 aliphatic rings. The lowest BCUT2D eigenvalue weighted by Crippen LogP contribution is -2.49. The topological polar surface area (TPSA) is 134 Å². The number of rotatable bonds is 5. The third-order valence-electron chi connectivity index (χ3n) is 3.23. The van der Waals surface area contributed by atoms with E-state index in [-0.39, 0.29) is 29.3 Å². The molecule has 0 radical (unpaired) electrons. The second kappa shape index (κ2) is 6.86. The number of hydrogen-bond donors (Lipinski definition) is 4. The van der Waals surface area contributed by atoms with E-state index in [1.165, 1.54) is 6.20 Å². The number of pyridine rings is 1. The van der Waals surface area contributed by atoms with Crippen molar-refractivity contribution >= 4 is 29.2 Å². The van der Waals surface area contributed by atoms with Gasteiger partial charge in [0.05, 0.1) is 17.6 Å². The molecule has 0 aromatic carbocycles. The van der Waals surface area contributed by atoms with Crippen LogP contribution < -0.4 is 16.4 Å². The molecule has 0 aliphatic heterocycles. The van der Waals surface area contributed by atoms with Gasteiger partial charge in [-0.25, -0.2) is 4.79 Å². The predicted octanol–water partition coefficient (Wildman–Crippen LogP) is 1.63. The van der Waals surface area contributed by atoms with Crippen LogP contribution in [0, 0.1) is 5.41 Å². The molecular weight excluding hydrogens is 312 g/mol. The van der Waals surface area contributed by atoms with Gasteiger partial charge in [-0.15, -0.1) is 0 Å². The predicted molar refractivity (Wildman–Crippen MR) is 90.5 cm³/mol. The minimum absolute atomic E-state index is 0.00837. The fourth-order valence-electron chi connectivity index (χ4n) is 1.88. The number of aromatic carboxylic acids is 1. The van der Waals surface area contributed by atoms with Crippen LogP contribution in [0.25, 0.3) is 0 Å². The molecule has 0 spiro atoms. The van der Waals surface area contributed by atoms with E-state index in [2.05, 4.69) is 15.6 Å². The summed E-state index contributed by atoms with van der Waals surface area (Å²) in [6, 6.07) is 0. The third-order valence-corrected chi connectivity index (χ3v) is 3.23. The van der Waals surface area contributed by atoms with E-state index in [1.807, 2.05) is 0 Å². The first kappa shape index (κ1) is 19.4. The van der Waals surface area contributed by atoms with Crippen molar-refractivity contribution in [2.24, 2.45) is 5.41 Å². The summed E-state index contributed by atoms with van der Waals surface area (Å²) in [7, 11) is 0. The number of nitrogens with zero attached hydrogens (tertiary/aromatic N) is 1. The average Bonchev–Trinajstić information content (AvgIpc) is 2.38. The van der Waals surface area contributed by atoms with Crippen LogP contribution in [0.2, 0.25) is 0 Å². The molecular formula is C16H24N4O4. The van der Waals surface area contributed by atoms with E-state index in [0.29, 0.717) is 0 Å². The Labute approximate surface area is 140 Å². The summed E-state index contributed by atoms with van der Waals surface area (Å²) in [5.74, 6) is -1.81. The van der Waals surface area contributed by atoms with Crippen LogP contribution >= 0.6 is 0 Å². The molecule has 1 aromatic rings.